The van der Waals surface area contributed by atoms with E-state index in [4.69, 9.17) is 16.9 Å². The summed E-state index contributed by atoms with van der Waals surface area (Å²) >= 11 is 0. The van der Waals surface area contributed by atoms with Gasteiger partial charge in [-0.25, -0.2) is 0 Å². The van der Waals surface area contributed by atoms with E-state index in [1.165, 1.54) is 0 Å². The molecule has 0 aliphatic carbocycles. The van der Waals surface area contributed by atoms with Gasteiger partial charge >= 0.3 is 5.97 Å². The molecular weight excluding hydrogens is 166 g/mol. The fourth-order valence-electron chi connectivity index (χ4n) is 0.706. The van der Waals surface area contributed by atoms with Crippen molar-refractivity contribution in [3.05, 3.63) is 0 Å². The van der Waals surface area contributed by atoms with Crippen LogP contribution in [-0.2, 0) is 9.53 Å². The normalized spacial score (nSPS) is 12.2. The van der Waals surface area contributed by atoms with Crippen molar-refractivity contribution in [3.63, 3.8) is 0 Å². The van der Waals surface area contributed by atoms with Crippen molar-refractivity contribution in [1.82, 2.24) is 0 Å². The first-order chi connectivity index (χ1) is 6.06. The maximum absolute atomic E-state index is 11.0. The molecule has 0 spiro atoms. The zero-order valence-corrected chi connectivity index (χ0v) is 8.25. The smallest absolute Gasteiger partial charge is 0.308 e. The second-order valence-corrected chi connectivity index (χ2v) is 3.38. The third kappa shape index (κ3) is 7.35. The number of esters is 1. The van der Waals surface area contributed by atoms with Gasteiger partial charge in [0.05, 0.1) is 19.1 Å². The van der Waals surface area contributed by atoms with E-state index < -0.39 is 6.04 Å². The van der Waals surface area contributed by atoms with Gasteiger partial charge in [0, 0.05) is 0 Å². The maximum Gasteiger partial charge on any atom is 0.308 e. The van der Waals surface area contributed by atoms with Crippen molar-refractivity contribution in [2.24, 2.45) is 11.7 Å². The van der Waals surface area contributed by atoms with E-state index >= 15 is 0 Å². The number of carbonyl (C=O) groups excluding carboxylic acids is 1. The molecule has 0 heterocycles. The standard InChI is InChI=1S/C10H17NO2/c1-4-9(11)7-10(12)13-6-5-8(2)3/h1,8-9H,5-7,11H2,2-3H3/t9-/m1/s1. The highest BCUT2D eigenvalue weighted by molar-refractivity contribution is 5.70. The lowest BCUT2D eigenvalue weighted by Crippen LogP contribution is -2.23. The molecule has 2 N–H and O–H groups in total. The molecule has 0 aliphatic heterocycles. The molecule has 0 amide bonds. The molecule has 0 aromatic carbocycles. The Labute approximate surface area is 79.6 Å². The number of rotatable bonds is 5. The van der Waals surface area contributed by atoms with E-state index in [1.807, 2.05) is 0 Å². The molecule has 74 valence electrons. The van der Waals surface area contributed by atoms with E-state index in [0.29, 0.717) is 12.5 Å². The molecule has 0 radical (unpaired) electrons. The molecule has 0 unspecified atom stereocenters. The second-order valence-electron chi connectivity index (χ2n) is 3.38. The number of carbonyl (C=O) groups is 1. The van der Waals surface area contributed by atoms with Gasteiger partial charge < -0.3 is 10.5 Å². The predicted octanol–water partition coefficient (Wildman–Crippen LogP) is 0.926. The number of hydrogen-bond acceptors (Lipinski definition) is 3. The van der Waals surface area contributed by atoms with Gasteiger partial charge in [0.1, 0.15) is 0 Å². The third-order valence-corrected chi connectivity index (χ3v) is 1.56. The Hall–Kier alpha value is -1.01. The van der Waals surface area contributed by atoms with E-state index in [-0.39, 0.29) is 12.4 Å². The molecule has 0 aliphatic rings. The minimum atomic E-state index is -0.522. The van der Waals surface area contributed by atoms with Crippen LogP contribution >= 0.6 is 0 Å². The first-order valence-corrected chi connectivity index (χ1v) is 4.43. The van der Waals surface area contributed by atoms with Crippen molar-refractivity contribution in [1.29, 1.82) is 0 Å². The molecule has 0 bridgehead atoms. The second kappa shape index (κ2) is 6.50. The van der Waals surface area contributed by atoms with Crippen LogP contribution < -0.4 is 5.73 Å². The van der Waals surface area contributed by atoms with Crippen LogP contribution in [0.2, 0.25) is 0 Å². The fraction of sp³-hybridized carbons (Fsp3) is 0.700. The zero-order valence-electron chi connectivity index (χ0n) is 8.25. The van der Waals surface area contributed by atoms with Gasteiger partial charge in [-0.15, -0.1) is 6.42 Å². The van der Waals surface area contributed by atoms with Crippen LogP contribution in [0.5, 0.6) is 0 Å². The van der Waals surface area contributed by atoms with Crippen molar-refractivity contribution in [2.75, 3.05) is 6.61 Å². The summed E-state index contributed by atoms with van der Waals surface area (Å²) in [5, 5.41) is 0. The number of nitrogens with two attached hydrogens (primary N) is 1. The Morgan fingerprint density at radius 2 is 2.23 bits per heavy atom. The van der Waals surface area contributed by atoms with E-state index in [9.17, 15) is 4.79 Å². The fourth-order valence-corrected chi connectivity index (χ4v) is 0.706. The number of ether oxygens (including phenoxy) is 1. The average molecular weight is 183 g/mol. The highest BCUT2D eigenvalue weighted by Crippen LogP contribution is 2.00. The molecule has 0 saturated carbocycles. The Kier molecular flexibility index (Phi) is 5.99. The molecule has 3 heteroatoms. The molecular formula is C10H17NO2. The monoisotopic (exact) mass is 183 g/mol. The van der Waals surface area contributed by atoms with Gasteiger partial charge in [0.2, 0.25) is 0 Å². The number of hydrogen-bond donors (Lipinski definition) is 1. The van der Waals surface area contributed by atoms with Crippen molar-refractivity contribution in [2.45, 2.75) is 32.7 Å². The summed E-state index contributed by atoms with van der Waals surface area (Å²) < 4.78 is 4.91. The van der Waals surface area contributed by atoms with Crippen LogP contribution in [0, 0.1) is 18.3 Å². The van der Waals surface area contributed by atoms with Crippen LogP contribution in [0.15, 0.2) is 0 Å². The Bertz CT molecular complexity index is 194. The maximum atomic E-state index is 11.0. The largest absolute Gasteiger partial charge is 0.466 e. The Balaban J connectivity index is 3.48. The summed E-state index contributed by atoms with van der Waals surface area (Å²) in [4.78, 5) is 11.0. The first-order valence-electron chi connectivity index (χ1n) is 4.43. The molecule has 3 nitrogen and oxygen atoms in total. The molecule has 1 atom stereocenters. The zero-order chi connectivity index (χ0) is 10.3. The Morgan fingerprint density at radius 1 is 1.62 bits per heavy atom. The molecule has 0 saturated heterocycles. The third-order valence-electron chi connectivity index (χ3n) is 1.56. The summed E-state index contributed by atoms with van der Waals surface area (Å²) in [6, 6.07) is -0.522. The van der Waals surface area contributed by atoms with Crippen LogP contribution in [-0.4, -0.2) is 18.6 Å². The summed E-state index contributed by atoms with van der Waals surface area (Å²) in [5.41, 5.74) is 5.37. The highest BCUT2D eigenvalue weighted by atomic mass is 16.5. The predicted molar refractivity (Wildman–Crippen MR) is 51.8 cm³/mol. The van der Waals surface area contributed by atoms with Gasteiger partial charge in [-0.05, 0) is 12.3 Å². The van der Waals surface area contributed by atoms with Crippen LogP contribution in [0.1, 0.15) is 26.7 Å². The quantitative estimate of drug-likeness (QED) is 0.509. The molecule has 0 rings (SSSR count). The van der Waals surface area contributed by atoms with Gasteiger partial charge in [-0.1, -0.05) is 19.8 Å². The lowest BCUT2D eigenvalue weighted by molar-refractivity contribution is -0.144. The van der Waals surface area contributed by atoms with Crippen LogP contribution in [0.3, 0.4) is 0 Å². The van der Waals surface area contributed by atoms with E-state index in [0.717, 1.165) is 6.42 Å². The van der Waals surface area contributed by atoms with Crippen molar-refractivity contribution >= 4 is 5.97 Å². The van der Waals surface area contributed by atoms with Crippen LogP contribution in [0.4, 0.5) is 0 Å². The highest BCUT2D eigenvalue weighted by Gasteiger charge is 2.07. The molecule has 0 aromatic heterocycles. The molecule has 0 aromatic rings. The SMILES string of the molecule is C#C[C@@H](N)CC(=O)OCCC(C)C. The lowest BCUT2D eigenvalue weighted by atomic mass is 10.1. The minimum Gasteiger partial charge on any atom is -0.466 e. The van der Waals surface area contributed by atoms with Gasteiger partial charge in [-0.2, -0.15) is 0 Å². The van der Waals surface area contributed by atoms with Crippen molar-refractivity contribution in [3.8, 4) is 12.3 Å². The van der Waals surface area contributed by atoms with Crippen LogP contribution in [0.25, 0.3) is 0 Å². The van der Waals surface area contributed by atoms with Gasteiger partial charge in [0.15, 0.2) is 0 Å². The summed E-state index contributed by atoms with van der Waals surface area (Å²) in [5.74, 6) is 2.49. The van der Waals surface area contributed by atoms with E-state index in [1.54, 1.807) is 0 Å². The summed E-state index contributed by atoms with van der Waals surface area (Å²) in [7, 11) is 0. The summed E-state index contributed by atoms with van der Waals surface area (Å²) in [6.45, 7) is 4.59. The molecule has 13 heavy (non-hydrogen) atoms. The Morgan fingerprint density at radius 3 is 2.69 bits per heavy atom. The van der Waals surface area contributed by atoms with Gasteiger partial charge in [-0.3, -0.25) is 4.79 Å². The first kappa shape index (κ1) is 12.0. The van der Waals surface area contributed by atoms with Crippen molar-refractivity contribution < 1.29 is 9.53 Å². The average Bonchev–Trinajstić information content (AvgIpc) is 2.03. The van der Waals surface area contributed by atoms with Gasteiger partial charge in [0.25, 0.3) is 0 Å². The molecule has 0 fully saturated rings. The minimum absolute atomic E-state index is 0.106. The number of terminal acetylenes is 1. The summed E-state index contributed by atoms with van der Waals surface area (Å²) in [6.07, 6.45) is 5.99. The topological polar surface area (TPSA) is 52.3 Å². The lowest BCUT2D eigenvalue weighted by Gasteiger charge is -2.07. The van der Waals surface area contributed by atoms with E-state index in [2.05, 4.69) is 19.8 Å².